The molecule has 0 aliphatic carbocycles. The third kappa shape index (κ3) is 7.73. The Bertz CT molecular complexity index is 950. The van der Waals surface area contributed by atoms with Crippen molar-refractivity contribution < 1.29 is 18.0 Å². The van der Waals surface area contributed by atoms with Crippen LogP contribution < -0.4 is 15.4 Å². The lowest BCUT2D eigenvalue weighted by atomic mass is 10.2. The second-order valence-corrected chi connectivity index (χ2v) is 7.86. The fraction of sp³-hybridized carbons (Fsp3) is 0.200. The van der Waals surface area contributed by atoms with Gasteiger partial charge in [0.1, 0.15) is 0 Å². The summed E-state index contributed by atoms with van der Waals surface area (Å²) in [6, 6.07) is 14.1. The molecule has 2 amide bonds. The maximum Gasteiger partial charge on any atom is 0.233 e. The maximum atomic E-state index is 12.0. The van der Waals surface area contributed by atoms with Crippen LogP contribution in [0.1, 0.15) is 24.5 Å². The molecule has 0 bridgehead atoms. The summed E-state index contributed by atoms with van der Waals surface area (Å²) in [5.74, 6) is -0.502. The van der Waals surface area contributed by atoms with E-state index in [1.807, 2.05) is 31.2 Å². The number of hydrogen-bond donors (Lipinski definition) is 3. The van der Waals surface area contributed by atoms with Crippen LogP contribution >= 0.6 is 0 Å². The largest absolute Gasteiger partial charge is 0.326 e. The molecule has 2 aromatic carbocycles. The van der Waals surface area contributed by atoms with Crippen LogP contribution in [0, 0.1) is 6.92 Å². The molecule has 0 unspecified atom stereocenters. The van der Waals surface area contributed by atoms with E-state index in [4.69, 9.17) is 0 Å². The van der Waals surface area contributed by atoms with Crippen molar-refractivity contribution in [2.45, 2.75) is 20.3 Å². The van der Waals surface area contributed by atoms with Crippen LogP contribution in [0.25, 0.3) is 6.08 Å². The summed E-state index contributed by atoms with van der Waals surface area (Å²) in [7, 11) is -3.63. The van der Waals surface area contributed by atoms with E-state index in [9.17, 15) is 18.0 Å². The molecule has 0 fully saturated rings. The van der Waals surface area contributed by atoms with E-state index in [2.05, 4.69) is 15.4 Å². The summed E-state index contributed by atoms with van der Waals surface area (Å²) in [4.78, 5) is 22.9. The van der Waals surface area contributed by atoms with Crippen molar-refractivity contribution in [2.75, 3.05) is 17.2 Å². The Balaban J connectivity index is 1.79. The molecule has 0 radical (unpaired) electrons. The average molecular weight is 401 g/mol. The number of nitrogens with one attached hydrogen (secondary N) is 3. The summed E-state index contributed by atoms with van der Waals surface area (Å²) in [5, 5.41) is 6.37. The van der Waals surface area contributed by atoms with Crippen molar-refractivity contribution in [3.8, 4) is 0 Å². The normalized spacial score (nSPS) is 11.4. The van der Waals surface area contributed by atoms with Crippen LogP contribution in [0.5, 0.6) is 0 Å². The highest BCUT2D eigenvalue weighted by atomic mass is 32.2. The number of aryl methyl sites for hydroxylation is 1. The molecule has 0 saturated carbocycles. The van der Waals surface area contributed by atoms with Gasteiger partial charge in [-0.25, -0.2) is 13.1 Å². The predicted octanol–water partition coefficient (Wildman–Crippen LogP) is 2.87. The Morgan fingerprint density at radius 1 is 0.929 bits per heavy atom. The van der Waals surface area contributed by atoms with Gasteiger partial charge in [0.15, 0.2) is 0 Å². The van der Waals surface area contributed by atoms with Crippen LogP contribution in [-0.4, -0.2) is 26.8 Å². The first-order valence-corrected chi connectivity index (χ1v) is 10.2. The van der Waals surface area contributed by atoms with Gasteiger partial charge in [-0.15, -0.1) is 0 Å². The second-order valence-electron chi connectivity index (χ2n) is 6.21. The molecule has 2 rings (SSSR count). The zero-order valence-electron chi connectivity index (χ0n) is 15.7. The lowest BCUT2D eigenvalue weighted by molar-refractivity contribution is -0.116. The van der Waals surface area contributed by atoms with Gasteiger partial charge in [0.05, 0.1) is 0 Å². The number of carbonyl (C=O) groups is 2. The van der Waals surface area contributed by atoms with Crippen molar-refractivity contribution in [2.24, 2.45) is 0 Å². The van der Waals surface area contributed by atoms with E-state index in [1.165, 1.54) is 13.0 Å². The number of carbonyl (C=O) groups excluding carboxylic acids is 2. The molecule has 0 aromatic heterocycles. The molecule has 0 aliphatic heterocycles. The Kier molecular flexibility index (Phi) is 7.48. The van der Waals surface area contributed by atoms with Crippen LogP contribution in [0.15, 0.2) is 53.9 Å². The average Bonchev–Trinajstić information content (AvgIpc) is 2.62. The molecule has 3 N–H and O–H groups in total. The Hall–Kier alpha value is -2.97. The fourth-order valence-corrected chi connectivity index (χ4v) is 3.08. The van der Waals surface area contributed by atoms with E-state index in [0.717, 1.165) is 16.5 Å². The van der Waals surface area contributed by atoms with Crippen molar-refractivity contribution >= 4 is 39.3 Å². The zero-order valence-corrected chi connectivity index (χ0v) is 16.5. The maximum absolute atomic E-state index is 12.0. The number of amides is 2. The summed E-state index contributed by atoms with van der Waals surface area (Å²) in [5.41, 5.74) is 3.05. The first-order chi connectivity index (χ1) is 13.2. The van der Waals surface area contributed by atoms with Crippen molar-refractivity contribution in [1.82, 2.24) is 4.72 Å². The van der Waals surface area contributed by atoms with Gasteiger partial charge < -0.3 is 10.6 Å². The van der Waals surface area contributed by atoms with Gasteiger partial charge in [-0.3, -0.25) is 9.59 Å². The predicted molar refractivity (Wildman–Crippen MR) is 111 cm³/mol. The van der Waals surface area contributed by atoms with Crippen LogP contribution in [0.3, 0.4) is 0 Å². The van der Waals surface area contributed by atoms with Gasteiger partial charge in [0, 0.05) is 36.7 Å². The minimum absolute atomic E-state index is 0.00888. The molecule has 0 heterocycles. The topological polar surface area (TPSA) is 104 Å². The minimum atomic E-state index is -3.63. The lowest BCUT2D eigenvalue weighted by Gasteiger charge is -2.07. The van der Waals surface area contributed by atoms with Crippen molar-refractivity contribution in [3.05, 3.63) is 65.1 Å². The molecule has 0 atom stereocenters. The van der Waals surface area contributed by atoms with Gasteiger partial charge in [-0.2, -0.15) is 0 Å². The molecule has 8 heteroatoms. The monoisotopic (exact) mass is 401 g/mol. The Labute approximate surface area is 164 Å². The molecule has 0 saturated heterocycles. The number of anilines is 2. The van der Waals surface area contributed by atoms with Gasteiger partial charge >= 0.3 is 0 Å². The molecule has 148 valence electrons. The van der Waals surface area contributed by atoms with Gasteiger partial charge in [-0.05, 0) is 42.8 Å². The highest BCUT2D eigenvalue weighted by Gasteiger charge is 2.08. The molecular formula is C20H23N3O4S. The fourth-order valence-electron chi connectivity index (χ4n) is 2.26. The Morgan fingerprint density at radius 3 is 2.07 bits per heavy atom. The van der Waals surface area contributed by atoms with Crippen LogP contribution in [0.2, 0.25) is 0 Å². The highest BCUT2D eigenvalue weighted by Crippen LogP contribution is 2.13. The highest BCUT2D eigenvalue weighted by molar-refractivity contribution is 7.92. The molecule has 0 aliphatic rings. The standard InChI is InChI=1S/C20H23N3O4S/c1-15-3-5-17(6-4-15)12-14-28(26,27)21-13-11-20(25)23-19-9-7-18(8-10-19)22-16(2)24/h3-10,12,14,21H,11,13H2,1-2H3,(H,22,24)(H,23,25)/b14-12+. The van der Waals surface area contributed by atoms with Crippen molar-refractivity contribution in [3.63, 3.8) is 0 Å². The van der Waals surface area contributed by atoms with Crippen molar-refractivity contribution in [1.29, 1.82) is 0 Å². The van der Waals surface area contributed by atoms with E-state index < -0.39 is 10.0 Å². The molecular weight excluding hydrogens is 378 g/mol. The number of rotatable bonds is 8. The van der Waals surface area contributed by atoms with E-state index in [-0.39, 0.29) is 24.8 Å². The van der Waals surface area contributed by atoms with Gasteiger partial charge in [-0.1, -0.05) is 29.8 Å². The van der Waals surface area contributed by atoms with Gasteiger partial charge in [0.2, 0.25) is 21.8 Å². The van der Waals surface area contributed by atoms with E-state index >= 15 is 0 Å². The molecule has 7 nitrogen and oxygen atoms in total. The van der Waals surface area contributed by atoms with Crippen LogP contribution in [-0.2, 0) is 19.6 Å². The quantitative estimate of drug-likeness (QED) is 0.633. The van der Waals surface area contributed by atoms with Crippen LogP contribution in [0.4, 0.5) is 11.4 Å². The summed E-state index contributed by atoms with van der Waals surface area (Å²) in [6.07, 6.45) is 1.49. The molecule has 2 aromatic rings. The SMILES string of the molecule is CC(=O)Nc1ccc(NC(=O)CCNS(=O)(=O)/C=C/c2ccc(C)cc2)cc1. The molecule has 28 heavy (non-hydrogen) atoms. The summed E-state index contributed by atoms with van der Waals surface area (Å²) < 4.78 is 26.3. The minimum Gasteiger partial charge on any atom is -0.326 e. The second kappa shape index (κ2) is 9.82. The summed E-state index contributed by atoms with van der Waals surface area (Å²) >= 11 is 0. The lowest BCUT2D eigenvalue weighted by Crippen LogP contribution is -2.26. The Morgan fingerprint density at radius 2 is 1.50 bits per heavy atom. The van der Waals surface area contributed by atoms with E-state index in [0.29, 0.717) is 11.4 Å². The summed E-state index contributed by atoms with van der Waals surface area (Å²) in [6.45, 7) is 3.34. The number of sulfonamides is 1. The first-order valence-electron chi connectivity index (χ1n) is 8.65. The third-order valence-corrected chi connectivity index (χ3v) is 4.76. The first kappa shape index (κ1) is 21.3. The number of benzene rings is 2. The molecule has 0 spiro atoms. The third-order valence-electron chi connectivity index (χ3n) is 3.66. The number of hydrogen-bond acceptors (Lipinski definition) is 4. The zero-order chi connectivity index (χ0) is 20.6. The van der Waals surface area contributed by atoms with Gasteiger partial charge in [0.25, 0.3) is 0 Å². The smallest absolute Gasteiger partial charge is 0.233 e. The van der Waals surface area contributed by atoms with E-state index in [1.54, 1.807) is 24.3 Å².